The number of carboxylic acids is 1. The van der Waals surface area contributed by atoms with Gasteiger partial charge in [0.1, 0.15) is 18.3 Å². The van der Waals surface area contributed by atoms with E-state index in [0.717, 1.165) is 38.0 Å². The molecule has 19 atom stereocenters. The first-order valence-electron chi connectivity index (χ1n) is 25.5. The molecule has 3 saturated heterocycles. The number of carbonyl (C=O) groups is 2. The van der Waals surface area contributed by atoms with Crippen molar-refractivity contribution in [3.63, 3.8) is 0 Å². The lowest BCUT2D eigenvalue weighted by Crippen LogP contribution is -2.72. The summed E-state index contributed by atoms with van der Waals surface area (Å²) in [4.78, 5) is 35.9. The smallest absolute Gasteiger partial charge is 0.310 e. The number of aromatic amines is 1. The number of allylic oxidation sites excluding steroid dienone is 2. The molecule has 11 N–H and O–H groups in total. The van der Waals surface area contributed by atoms with Gasteiger partial charge in [0, 0.05) is 47.9 Å². The van der Waals surface area contributed by atoms with Gasteiger partial charge >= 0.3 is 5.97 Å². The molecule has 4 saturated carbocycles. The van der Waals surface area contributed by atoms with Gasteiger partial charge < -0.3 is 65.9 Å². The minimum absolute atomic E-state index is 0.00909. The molecule has 1 aromatic rings. The first-order valence-corrected chi connectivity index (χ1v) is 25.5. The molecule has 5 aliphatic carbocycles. The van der Waals surface area contributed by atoms with E-state index in [9.17, 15) is 50.4 Å². The second-order valence-electron chi connectivity index (χ2n) is 24.1. The predicted molar refractivity (Wildman–Crippen MR) is 245 cm³/mol. The summed E-state index contributed by atoms with van der Waals surface area (Å²) >= 11 is 0. The number of piperidine rings is 1. The molecule has 16 nitrogen and oxygen atoms in total. The average Bonchev–Trinajstić information content (AvgIpc) is 3.97. The number of H-pyrrole nitrogens is 1. The predicted octanol–water partition coefficient (Wildman–Crippen LogP) is 2.78. The van der Waals surface area contributed by atoms with Crippen molar-refractivity contribution in [2.24, 2.45) is 68.0 Å². The van der Waals surface area contributed by atoms with Gasteiger partial charge in [-0.05, 0) is 148 Å². The van der Waals surface area contributed by atoms with Crippen LogP contribution < -0.4 is 10.6 Å². The first-order chi connectivity index (χ1) is 31.7. The Morgan fingerprint density at radius 2 is 1.64 bits per heavy atom. The number of nitrogens with one attached hydrogen (secondary N) is 3. The molecule has 9 rings (SSSR count). The minimum atomic E-state index is -1.63. The third-order valence-electron chi connectivity index (χ3n) is 21.4. The Morgan fingerprint density at radius 3 is 2.30 bits per heavy atom. The molecule has 3 aliphatic heterocycles. The number of carboxylic acid groups (broad SMARTS) is 1. The fourth-order valence-electron chi connectivity index (χ4n) is 17.3. The molecule has 0 radical (unpaired) electrons. The van der Waals surface area contributed by atoms with Crippen LogP contribution in [-0.2, 0) is 24.5 Å². The normalized spacial score (nSPS) is 49.4. The van der Waals surface area contributed by atoms with E-state index in [0.29, 0.717) is 64.2 Å². The quantitative estimate of drug-likeness (QED) is 0.106. The fraction of sp³-hybridized carbons (Fsp3) is 0.863. The molecule has 0 spiro atoms. The maximum Gasteiger partial charge on any atom is 0.310 e. The minimum Gasteiger partial charge on any atom is -0.481 e. The van der Waals surface area contributed by atoms with Crippen molar-refractivity contribution in [2.45, 2.75) is 166 Å². The second-order valence-corrected chi connectivity index (χ2v) is 24.1. The highest BCUT2D eigenvalue weighted by Crippen LogP contribution is 2.77. The lowest BCUT2D eigenvalue weighted by Gasteiger charge is -2.73. The largest absolute Gasteiger partial charge is 0.481 e. The van der Waals surface area contributed by atoms with Gasteiger partial charge in [-0.1, -0.05) is 46.3 Å². The highest BCUT2D eigenvalue weighted by Gasteiger charge is 2.74. The van der Waals surface area contributed by atoms with E-state index in [1.165, 1.54) is 5.57 Å². The number of aliphatic carboxylic acids is 1. The maximum atomic E-state index is 14.5. The van der Waals surface area contributed by atoms with Gasteiger partial charge in [0.25, 0.3) is 0 Å². The Hall–Kier alpha value is -2.51. The fourth-order valence-corrected chi connectivity index (χ4v) is 17.3. The number of aliphatic hydroxyl groups is 7. The lowest BCUT2D eigenvalue weighted by atomic mass is 9.31. The van der Waals surface area contributed by atoms with Crippen molar-refractivity contribution in [2.75, 3.05) is 39.5 Å². The van der Waals surface area contributed by atoms with Gasteiger partial charge in [-0.3, -0.25) is 9.59 Å². The average molecular weight is 941 g/mol. The topological polar surface area (TPSA) is 267 Å². The van der Waals surface area contributed by atoms with Crippen LogP contribution in [-0.4, -0.2) is 145 Å². The summed E-state index contributed by atoms with van der Waals surface area (Å²) in [5.74, 6) is -2.75. The van der Waals surface area contributed by atoms with Crippen molar-refractivity contribution in [3.05, 3.63) is 29.9 Å². The number of fused-ring (bicyclic) bond motifs is 7. The number of nitrogens with zero attached hydrogens (tertiary/aromatic N) is 1. The Morgan fingerprint density at radius 1 is 0.910 bits per heavy atom. The van der Waals surface area contributed by atoms with Crippen molar-refractivity contribution in [1.29, 1.82) is 0 Å². The zero-order valence-electron chi connectivity index (χ0n) is 40.3. The molecule has 8 aliphatic rings. The standard InChI is InChI=1S/C51H80N4O12/c1-45(25-57)12-14-50(44(64)65)15-13-47(3)30(32(50)22-45)8-9-35-48(47,4)11-10-34-46(2,26-58)41(67-43-39(62)38(61)33(59)24-66-43)37(60)31(49(34,35)5)21-29-28(7-6-20-56)42(63)55-40(29)51(16-18-52-19-17-51)36-23-53-27-54-36/h8,23,27-29,31-35,37-41,43,52,56-62H,6-7,9-22,24-26H2,1-5H3,(H,53,54)(H,55,63)(H,64,65)/t28-,29-,31-,32+,33-,34-,35+,37-,38+,39-,40-,41-,43+,45+,46+,47-,48-,49+,50+/m1/s1. The van der Waals surface area contributed by atoms with E-state index in [2.05, 4.69) is 54.4 Å². The highest BCUT2D eigenvalue weighted by molar-refractivity contribution is 5.82. The first kappa shape index (κ1) is 49.5. The summed E-state index contributed by atoms with van der Waals surface area (Å²) in [5.41, 5.74) is -2.32. The molecule has 0 unspecified atom stereocenters. The Kier molecular flexibility index (Phi) is 13.0. The van der Waals surface area contributed by atoms with Crippen LogP contribution in [0.3, 0.4) is 0 Å². The molecule has 0 bridgehead atoms. The van der Waals surface area contributed by atoms with Crippen LogP contribution in [0.4, 0.5) is 0 Å². The molecule has 1 amide bonds. The number of rotatable bonds is 12. The number of hydrogen-bond donors (Lipinski definition) is 11. The number of ether oxygens (including phenoxy) is 2. The number of carbonyl (C=O) groups excluding carboxylic acids is 1. The van der Waals surface area contributed by atoms with Crippen LogP contribution in [0.25, 0.3) is 0 Å². The number of imidazole rings is 1. The molecule has 7 fully saturated rings. The monoisotopic (exact) mass is 941 g/mol. The van der Waals surface area contributed by atoms with E-state index in [4.69, 9.17) is 9.47 Å². The van der Waals surface area contributed by atoms with E-state index in [-0.39, 0.29) is 62.0 Å². The van der Waals surface area contributed by atoms with Crippen LogP contribution >= 0.6 is 0 Å². The van der Waals surface area contributed by atoms with Crippen molar-refractivity contribution < 1.29 is 59.9 Å². The molecular formula is C51H80N4O12. The Bertz CT molecular complexity index is 2020. The van der Waals surface area contributed by atoms with Crippen molar-refractivity contribution in [1.82, 2.24) is 20.6 Å². The molecule has 1 aromatic heterocycles. The van der Waals surface area contributed by atoms with Gasteiger partial charge in [0.15, 0.2) is 6.29 Å². The highest BCUT2D eigenvalue weighted by atomic mass is 16.7. The number of aromatic nitrogens is 2. The van der Waals surface area contributed by atoms with Crippen molar-refractivity contribution in [3.8, 4) is 0 Å². The van der Waals surface area contributed by atoms with Gasteiger partial charge in [0.05, 0.1) is 37.2 Å². The second kappa shape index (κ2) is 17.7. The Balaban J connectivity index is 1.19. The zero-order chi connectivity index (χ0) is 48.1. The molecule has 376 valence electrons. The van der Waals surface area contributed by atoms with E-state index < -0.39 is 92.5 Å². The lowest BCUT2D eigenvalue weighted by molar-refractivity contribution is -0.340. The van der Waals surface area contributed by atoms with Gasteiger partial charge in [0.2, 0.25) is 5.91 Å². The number of amides is 1. The summed E-state index contributed by atoms with van der Waals surface area (Å²) in [7, 11) is 0. The Labute approximate surface area is 395 Å². The maximum absolute atomic E-state index is 14.5. The van der Waals surface area contributed by atoms with E-state index >= 15 is 0 Å². The van der Waals surface area contributed by atoms with Crippen LogP contribution in [0.5, 0.6) is 0 Å². The third kappa shape index (κ3) is 7.21. The van der Waals surface area contributed by atoms with Gasteiger partial charge in [-0.15, -0.1) is 0 Å². The van der Waals surface area contributed by atoms with Gasteiger partial charge in [-0.2, -0.15) is 0 Å². The SMILES string of the molecule is C[C@]1(CO)CC[C@]2(C(=O)O)CC[C@]3(C)C(=CC[C@@H]4[C@@]5(C)[C@H](C[C@H]6[C@H](C7(c8cnc[nH]8)CCNCC7)NC(=O)[C@@H]6CCCO)[C@@H](O)[C@@H](O[C@@H]6OC[C@@H](O)[C@H](O)[C@H]6O)[C@@](C)(CO)[C@H]5CC[C@]43C)[C@@H]2C1. The van der Waals surface area contributed by atoms with Crippen LogP contribution in [0.1, 0.15) is 124 Å². The third-order valence-corrected chi connectivity index (χ3v) is 21.4. The zero-order valence-corrected chi connectivity index (χ0v) is 40.3. The molecule has 67 heavy (non-hydrogen) atoms. The summed E-state index contributed by atoms with van der Waals surface area (Å²) in [6.45, 7) is 11.8. The number of aliphatic hydroxyl groups excluding tert-OH is 7. The van der Waals surface area contributed by atoms with E-state index in [1.54, 1.807) is 6.33 Å². The van der Waals surface area contributed by atoms with Crippen LogP contribution in [0, 0.1) is 68.0 Å². The summed E-state index contributed by atoms with van der Waals surface area (Å²) in [6, 6.07) is -0.355. The summed E-state index contributed by atoms with van der Waals surface area (Å²) < 4.78 is 12.6. The van der Waals surface area contributed by atoms with E-state index in [1.807, 2.05) is 13.1 Å². The summed E-state index contributed by atoms with van der Waals surface area (Å²) in [6.07, 6.45) is 5.31. The molecule has 0 aromatic carbocycles. The number of hydrogen-bond acceptors (Lipinski definition) is 13. The van der Waals surface area contributed by atoms with Crippen LogP contribution in [0.15, 0.2) is 24.2 Å². The molecular weight excluding hydrogens is 861 g/mol. The van der Waals surface area contributed by atoms with Crippen molar-refractivity contribution >= 4 is 11.9 Å². The molecule has 16 heteroatoms. The van der Waals surface area contributed by atoms with Gasteiger partial charge in [-0.25, -0.2) is 4.98 Å². The molecule has 4 heterocycles. The van der Waals surface area contributed by atoms with Crippen LogP contribution in [0.2, 0.25) is 0 Å². The summed E-state index contributed by atoms with van der Waals surface area (Å²) in [5, 5.41) is 96.7.